The molecular weight excluding hydrogens is 186 g/mol. The summed E-state index contributed by atoms with van der Waals surface area (Å²) in [5, 5.41) is 3.48. The molecule has 0 aliphatic rings. The van der Waals surface area contributed by atoms with Crippen LogP contribution in [0, 0.1) is 0 Å². The van der Waals surface area contributed by atoms with E-state index in [4.69, 9.17) is 4.74 Å². The summed E-state index contributed by atoms with van der Waals surface area (Å²) in [6.07, 6.45) is 8.21. The summed E-state index contributed by atoms with van der Waals surface area (Å²) in [5.74, 6) is 0. The first-order chi connectivity index (χ1) is 7.31. The first-order valence-corrected chi connectivity index (χ1v) is 6.62. The highest BCUT2D eigenvalue weighted by Gasteiger charge is 1.99. The van der Waals surface area contributed by atoms with Gasteiger partial charge in [0.1, 0.15) is 0 Å². The Morgan fingerprint density at radius 2 is 1.67 bits per heavy atom. The number of ether oxygens (including phenoxy) is 1. The maximum atomic E-state index is 5.34. The molecule has 92 valence electrons. The molecule has 0 rings (SSSR count). The van der Waals surface area contributed by atoms with Crippen molar-refractivity contribution in [3.8, 4) is 0 Å². The Morgan fingerprint density at radius 3 is 2.33 bits per heavy atom. The molecule has 0 aromatic heterocycles. The van der Waals surface area contributed by atoms with Gasteiger partial charge in [0.25, 0.3) is 0 Å². The van der Waals surface area contributed by atoms with E-state index in [1.807, 2.05) is 6.92 Å². The summed E-state index contributed by atoms with van der Waals surface area (Å²) in [5.41, 5.74) is 0. The minimum absolute atomic E-state index is 0.501. The lowest BCUT2D eigenvalue weighted by molar-refractivity contribution is 0.127. The Labute approximate surface area is 95.8 Å². The fraction of sp³-hybridized carbons (Fsp3) is 1.00. The normalized spacial score (nSPS) is 13.0. The van der Waals surface area contributed by atoms with Crippen LogP contribution in [0.1, 0.15) is 59.3 Å². The lowest BCUT2D eigenvalue weighted by atomic mass is 10.1. The second kappa shape index (κ2) is 12.0. The van der Waals surface area contributed by atoms with Crippen molar-refractivity contribution in [1.82, 2.24) is 5.32 Å². The minimum Gasteiger partial charge on any atom is -0.380 e. The van der Waals surface area contributed by atoms with Crippen LogP contribution in [0.25, 0.3) is 0 Å². The number of hydrogen-bond donors (Lipinski definition) is 1. The van der Waals surface area contributed by atoms with Gasteiger partial charge >= 0.3 is 0 Å². The molecule has 0 aliphatic heterocycles. The molecule has 0 radical (unpaired) electrons. The van der Waals surface area contributed by atoms with Gasteiger partial charge in [0.2, 0.25) is 0 Å². The lowest BCUT2D eigenvalue weighted by Gasteiger charge is -2.13. The molecule has 0 fully saturated rings. The Morgan fingerprint density at radius 1 is 1.00 bits per heavy atom. The number of nitrogens with one attached hydrogen (secondary N) is 1. The van der Waals surface area contributed by atoms with Crippen LogP contribution in [-0.4, -0.2) is 25.8 Å². The maximum Gasteiger partial charge on any atom is 0.0616 e. The van der Waals surface area contributed by atoms with Crippen LogP contribution in [0.15, 0.2) is 0 Å². The topological polar surface area (TPSA) is 21.3 Å². The molecule has 0 heterocycles. The number of hydrogen-bond acceptors (Lipinski definition) is 2. The van der Waals surface area contributed by atoms with Crippen molar-refractivity contribution in [1.29, 1.82) is 0 Å². The van der Waals surface area contributed by atoms with E-state index >= 15 is 0 Å². The van der Waals surface area contributed by atoms with E-state index in [0.717, 1.165) is 19.8 Å². The molecule has 1 N–H and O–H groups in total. The molecule has 0 aromatic rings. The number of rotatable bonds is 11. The van der Waals surface area contributed by atoms with E-state index in [-0.39, 0.29) is 0 Å². The number of unbranched alkanes of at least 4 members (excludes halogenated alkanes) is 5. The molecule has 1 unspecified atom stereocenters. The van der Waals surface area contributed by atoms with Gasteiger partial charge in [0.05, 0.1) is 6.61 Å². The van der Waals surface area contributed by atoms with Gasteiger partial charge in [-0.05, 0) is 26.8 Å². The summed E-state index contributed by atoms with van der Waals surface area (Å²) in [6, 6.07) is 0.501. The molecule has 15 heavy (non-hydrogen) atoms. The van der Waals surface area contributed by atoms with Gasteiger partial charge in [0, 0.05) is 12.6 Å². The molecular formula is C13H29NO. The highest BCUT2D eigenvalue weighted by molar-refractivity contribution is 4.58. The second-order valence-corrected chi connectivity index (χ2v) is 4.28. The Balaban J connectivity index is 3.02. The molecule has 0 saturated heterocycles. The van der Waals surface area contributed by atoms with Crippen LogP contribution in [0.4, 0.5) is 0 Å². The molecule has 2 nitrogen and oxygen atoms in total. The molecule has 0 aromatic carbocycles. The van der Waals surface area contributed by atoms with Crippen molar-refractivity contribution in [2.24, 2.45) is 0 Å². The predicted octanol–water partition coefficient (Wildman–Crippen LogP) is 3.36. The van der Waals surface area contributed by atoms with Crippen molar-refractivity contribution in [2.75, 3.05) is 19.8 Å². The van der Waals surface area contributed by atoms with Gasteiger partial charge < -0.3 is 10.1 Å². The third-order valence-corrected chi connectivity index (χ3v) is 2.60. The van der Waals surface area contributed by atoms with Crippen LogP contribution in [-0.2, 0) is 4.74 Å². The van der Waals surface area contributed by atoms with E-state index in [1.54, 1.807) is 0 Å². The molecule has 0 amide bonds. The summed E-state index contributed by atoms with van der Waals surface area (Å²) in [7, 11) is 0. The quantitative estimate of drug-likeness (QED) is 0.534. The summed E-state index contributed by atoms with van der Waals surface area (Å²) in [6.45, 7) is 9.29. The van der Waals surface area contributed by atoms with Gasteiger partial charge in [-0.25, -0.2) is 0 Å². The second-order valence-electron chi connectivity index (χ2n) is 4.28. The van der Waals surface area contributed by atoms with Crippen molar-refractivity contribution in [2.45, 2.75) is 65.3 Å². The van der Waals surface area contributed by atoms with Crippen LogP contribution in [0.3, 0.4) is 0 Å². The molecule has 2 heteroatoms. The molecule has 0 saturated carbocycles. The maximum absolute atomic E-state index is 5.34. The zero-order chi connectivity index (χ0) is 11.4. The third kappa shape index (κ3) is 11.8. The zero-order valence-electron chi connectivity index (χ0n) is 10.8. The fourth-order valence-electron chi connectivity index (χ4n) is 1.61. The first kappa shape index (κ1) is 14.9. The van der Waals surface area contributed by atoms with Gasteiger partial charge in [-0.1, -0.05) is 39.0 Å². The Kier molecular flexibility index (Phi) is 11.9. The average molecular weight is 215 g/mol. The Hall–Kier alpha value is -0.0800. The first-order valence-electron chi connectivity index (χ1n) is 6.62. The molecule has 0 aliphatic carbocycles. The van der Waals surface area contributed by atoms with E-state index < -0.39 is 0 Å². The standard InChI is InChI=1S/C13H29NO/c1-4-6-7-8-9-10-11-14-13(3)12-15-5-2/h13-14H,4-12H2,1-3H3. The van der Waals surface area contributed by atoms with E-state index in [9.17, 15) is 0 Å². The summed E-state index contributed by atoms with van der Waals surface area (Å²) >= 11 is 0. The summed E-state index contributed by atoms with van der Waals surface area (Å²) in [4.78, 5) is 0. The van der Waals surface area contributed by atoms with Gasteiger partial charge in [-0.15, -0.1) is 0 Å². The van der Waals surface area contributed by atoms with Crippen LogP contribution >= 0.6 is 0 Å². The molecule has 0 spiro atoms. The largest absolute Gasteiger partial charge is 0.380 e. The van der Waals surface area contributed by atoms with Crippen LogP contribution in [0.5, 0.6) is 0 Å². The smallest absolute Gasteiger partial charge is 0.0616 e. The highest BCUT2D eigenvalue weighted by atomic mass is 16.5. The van der Waals surface area contributed by atoms with E-state index in [0.29, 0.717) is 6.04 Å². The molecule has 0 bridgehead atoms. The van der Waals surface area contributed by atoms with E-state index in [2.05, 4.69) is 19.2 Å². The monoisotopic (exact) mass is 215 g/mol. The predicted molar refractivity (Wildman–Crippen MR) is 67.3 cm³/mol. The van der Waals surface area contributed by atoms with Crippen LogP contribution < -0.4 is 5.32 Å². The van der Waals surface area contributed by atoms with Crippen LogP contribution in [0.2, 0.25) is 0 Å². The Bertz CT molecular complexity index is 117. The van der Waals surface area contributed by atoms with Crippen molar-refractivity contribution in [3.63, 3.8) is 0 Å². The zero-order valence-corrected chi connectivity index (χ0v) is 10.8. The van der Waals surface area contributed by atoms with Crippen molar-refractivity contribution < 1.29 is 4.74 Å². The lowest BCUT2D eigenvalue weighted by Crippen LogP contribution is -2.31. The van der Waals surface area contributed by atoms with Gasteiger partial charge in [0.15, 0.2) is 0 Å². The van der Waals surface area contributed by atoms with Crippen molar-refractivity contribution >= 4 is 0 Å². The minimum atomic E-state index is 0.501. The third-order valence-electron chi connectivity index (χ3n) is 2.60. The molecule has 1 atom stereocenters. The van der Waals surface area contributed by atoms with Gasteiger partial charge in [-0.3, -0.25) is 0 Å². The van der Waals surface area contributed by atoms with E-state index in [1.165, 1.54) is 38.5 Å². The SMILES string of the molecule is CCCCCCCCNC(C)COCC. The highest BCUT2D eigenvalue weighted by Crippen LogP contribution is 2.04. The average Bonchev–Trinajstić information content (AvgIpc) is 2.25. The van der Waals surface area contributed by atoms with Gasteiger partial charge in [-0.2, -0.15) is 0 Å². The summed E-state index contributed by atoms with van der Waals surface area (Å²) < 4.78 is 5.34. The van der Waals surface area contributed by atoms with Crippen molar-refractivity contribution in [3.05, 3.63) is 0 Å². The fourth-order valence-corrected chi connectivity index (χ4v) is 1.61.